The maximum Gasteiger partial charge on any atom is 0.497 e. The van der Waals surface area contributed by atoms with Gasteiger partial charge in [0.25, 0.3) is 10.0 Å². The number of nitrogens with zero attached hydrogens (tertiary/aromatic N) is 2. The molecule has 1 aromatic carbocycles. The summed E-state index contributed by atoms with van der Waals surface area (Å²) in [5.41, 5.74) is -0.0564. The summed E-state index contributed by atoms with van der Waals surface area (Å²) < 4.78 is 59.9. The number of halogens is 1. The van der Waals surface area contributed by atoms with Gasteiger partial charge in [-0.3, -0.25) is 0 Å². The van der Waals surface area contributed by atoms with Gasteiger partial charge in [0.2, 0.25) is 0 Å². The van der Waals surface area contributed by atoms with E-state index in [9.17, 15) is 12.8 Å². The van der Waals surface area contributed by atoms with E-state index in [4.69, 9.17) is 14.0 Å². The number of pyridine rings is 1. The molecule has 7 nitrogen and oxygen atoms in total. The lowest BCUT2D eigenvalue weighted by molar-refractivity contribution is 0.00578. The van der Waals surface area contributed by atoms with Gasteiger partial charge in [0, 0.05) is 11.7 Å². The number of rotatable bonds is 4. The van der Waals surface area contributed by atoms with Gasteiger partial charge >= 0.3 is 7.12 Å². The first kappa shape index (κ1) is 21.8. The standard InChI is InChI=1S/C21H24BFN2O5S/c1-13-7-9-14(10-8-13)31(26,27)25-12-15(22-29-20(2,3)21(4,5)30-22)17-18(28-6)16(23)11-24-19(17)25/h7-12H,1-6H3. The predicted molar refractivity (Wildman–Crippen MR) is 116 cm³/mol. The number of aryl methyl sites for hydroxylation is 1. The fraction of sp³-hybridized carbons (Fsp3) is 0.381. The van der Waals surface area contributed by atoms with E-state index in [1.165, 1.54) is 25.4 Å². The zero-order valence-corrected chi connectivity index (χ0v) is 19.1. The summed E-state index contributed by atoms with van der Waals surface area (Å²) in [5, 5.41) is 0.191. The molecule has 164 valence electrons. The Bertz CT molecular complexity index is 1250. The van der Waals surface area contributed by atoms with Crippen LogP contribution in [0.3, 0.4) is 0 Å². The second-order valence-electron chi connectivity index (χ2n) is 8.62. The minimum atomic E-state index is -4.02. The molecule has 0 unspecified atom stereocenters. The molecule has 0 atom stereocenters. The van der Waals surface area contributed by atoms with Crippen LogP contribution in [0.4, 0.5) is 4.39 Å². The van der Waals surface area contributed by atoms with Crippen molar-refractivity contribution in [3.63, 3.8) is 0 Å². The third-order valence-electron chi connectivity index (χ3n) is 6.01. The van der Waals surface area contributed by atoms with E-state index in [-0.39, 0.29) is 21.7 Å². The lowest BCUT2D eigenvalue weighted by Gasteiger charge is -2.32. The summed E-state index contributed by atoms with van der Waals surface area (Å²) in [7, 11) is -3.64. The number of hydrogen-bond donors (Lipinski definition) is 0. The average Bonchev–Trinajstić information content (AvgIpc) is 3.17. The number of methoxy groups -OCH3 is 1. The van der Waals surface area contributed by atoms with E-state index >= 15 is 0 Å². The van der Waals surface area contributed by atoms with Gasteiger partial charge in [-0.2, -0.15) is 0 Å². The number of ether oxygens (including phenoxy) is 1. The smallest absolute Gasteiger partial charge is 0.493 e. The monoisotopic (exact) mass is 446 g/mol. The van der Waals surface area contributed by atoms with Gasteiger partial charge in [-0.15, -0.1) is 0 Å². The molecule has 3 heterocycles. The second kappa shape index (κ2) is 7.05. The van der Waals surface area contributed by atoms with Crippen molar-refractivity contribution in [1.82, 2.24) is 8.96 Å². The third kappa shape index (κ3) is 3.33. The van der Waals surface area contributed by atoms with Gasteiger partial charge in [-0.1, -0.05) is 17.7 Å². The van der Waals surface area contributed by atoms with Crippen molar-refractivity contribution in [2.24, 2.45) is 0 Å². The largest absolute Gasteiger partial charge is 0.497 e. The Kier molecular flexibility index (Phi) is 4.95. The van der Waals surface area contributed by atoms with Gasteiger partial charge in [-0.05, 0) is 46.8 Å². The van der Waals surface area contributed by atoms with Crippen LogP contribution < -0.4 is 10.2 Å². The first-order valence-corrected chi connectivity index (χ1v) is 11.2. The zero-order valence-electron chi connectivity index (χ0n) is 18.3. The maximum absolute atomic E-state index is 14.5. The highest BCUT2D eigenvalue weighted by molar-refractivity contribution is 7.90. The predicted octanol–water partition coefficient (Wildman–Crippen LogP) is 3.03. The normalized spacial score (nSPS) is 18.0. The number of benzene rings is 1. The Morgan fingerprint density at radius 1 is 1.10 bits per heavy atom. The topological polar surface area (TPSA) is 79.7 Å². The molecule has 3 aromatic rings. The fourth-order valence-electron chi connectivity index (χ4n) is 3.50. The Labute approximate surface area is 181 Å². The summed E-state index contributed by atoms with van der Waals surface area (Å²) in [6.07, 6.45) is 2.31. The molecule has 2 aromatic heterocycles. The van der Waals surface area contributed by atoms with Gasteiger partial charge in [0.1, 0.15) is 0 Å². The highest BCUT2D eigenvalue weighted by Crippen LogP contribution is 2.38. The third-order valence-corrected chi connectivity index (χ3v) is 7.67. The molecule has 10 heteroatoms. The second-order valence-corrected chi connectivity index (χ2v) is 10.4. The molecule has 0 amide bonds. The number of hydrogen-bond acceptors (Lipinski definition) is 6. The summed E-state index contributed by atoms with van der Waals surface area (Å²) in [5.74, 6) is -0.828. The van der Waals surface area contributed by atoms with Crippen LogP contribution in [0.2, 0.25) is 0 Å². The van der Waals surface area contributed by atoms with Crippen LogP contribution in [-0.4, -0.2) is 42.8 Å². The zero-order chi connectivity index (χ0) is 22.8. The minimum Gasteiger partial charge on any atom is -0.493 e. The number of fused-ring (bicyclic) bond motifs is 1. The van der Waals surface area contributed by atoms with Crippen molar-refractivity contribution in [2.45, 2.75) is 50.7 Å². The quantitative estimate of drug-likeness (QED) is 0.574. The minimum absolute atomic E-state index is 0.0311. The molecule has 0 saturated carbocycles. The van der Waals surface area contributed by atoms with Gasteiger partial charge in [0.05, 0.1) is 34.8 Å². The lowest BCUT2D eigenvalue weighted by atomic mass is 9.79. The van der Waals surface area contributed by atoms with E-state index < -0.39 is 34.2 Å². The molecule has 4 rings (SSSR count). The average molecular weight is 446 g/mol. The molecule has 1 aliphatic rings. The van der Waals surface area contributed by atoms with E-state index in [1.54, 1.807) is 12.1 Å². The van der Waals surface area contributed by atoms with Gasteiger partial charge in [0.15, 0.2) is 17.2 Å². The first-order chi connectivity index (χ1) is 14.4. The van der Waals surface area contributed by atoms with E-state index in [2.05, 4.69) is 4.98 Å². The molecular weight excluding hydrogens is 422 g/mol. The molecule has 0 N–H and O–H groups in total. The molecule has 0 bridgehead atoms. The van der Waals surface area contributed by atoms with E-state index in [1.807, 2.05) is 34.6 Å². The highest BCUT2D eigenvalue weighted by Gasteiger charge is 2.53. The van der Waals surface area contributed by atoms with Crippen molar-refractivity contribution in [3.05, 3.63) is 48.0 Å². The van der Waals surface area contributed by atoms with Crippen LogP contribution in [0.15, 0.2) is 41.6 Å². The molecule has 0 radical (unpaired) electrons. The van der Waals surface area contributed by atoms with Crippen LogP contribution in [0.1, 0.15) is 33.3 Å². The molecule has 0 aliphatic carbocycles. The number of aromatic nitrogens is 2. The molecule has 1 saturated heterocycles. The van der Waals surface area contributed by atoms with Crippen LogP contribution in [0, 0.1) is 12.7 Å². The van der Waals surface area contributed by atoms with Crippen molar-refractivity contribution >= 4 is 33.6 Å². The van der Waals surface area contributed by atoms with Crippen molar-refractivity contribution < 1.29 is 26.9 Å². The molecular formula is C21H24BFN2O5S. The molecule has 0 spiro atoms. The van der Waals surface area contributed by atoms with Crippen LogP contribution in [0.5, 0.6) is 5.75 Å². The van der Waals surface area contributed by atoms with E-state index in [0.717, 1.165) is 15.7 Å². The highest BCUT2D eigenvalue weighted by atomic mass is 32.2. The Morgan fingerprint density at radius 3 is 2.23 bits per heavy atom. The summed E-state index contributed by atoms with van der Waals surface area (Å²) in [6, 6.07) is 6.46. The SMILES string of the molecule is COc1c(F)cnc2c1c(B1OC(C)(C)C(C)(C)O1)cn2S(=O)(=O)c1ccc(C)cc1. The summed E-state index contributed by atoms with van der Waals surface area (Å²) >= 11 is 0. The van der Waals surface area contributed by atoms with E-state index in [0.29, 0.717) is 5.46 Å². The lowest BCUT2D eigenvalue weighted by Crippen LogP contribution is -2.41. The first-order valence-electron chi connectivity index (χ1n) is 9.80. The van der Waals surface area contributed by atoms with Crippen molar-refractivity contribution in [2.75, 3.05) is 7.11 Å². The van der Waals surface area contributed by atoms with Crippen LogP contribution in [-0.2, 0) is 19.3 Å². The molecule has 1 fully saturated rings. The van der Waals surface area contributed by atoms with Crippen molar-refractivity contribution in [1.29, 1.82) is 0 Å². The van der Waals surface area contributed by atoms with Gasteiger partial charge < -0.3 is 14.0 Å². The van der Waals surface area contributed by atoms with Crippen LogP contribution >= 0.6 is 0 Å². The fourth-order valence-corrected chi connectivity index (χ4v) is 4.82. The molecule has 31 heavy (non-hydrogen) atoms. The van der Waals surface area contributed by atoms with Crippen molar-refractivity contribution in [3.8, 4) is 5.75 Å². The Hall–Kier alpha value is -2.43. The van der Waals surface area contributed by atoms with Gasteiger partial charge in [-0.25, -0.2) is 21.8 Å². The summed E-state index contributed by atoms with van der Waals surface area (Å²) in [4.78, 5) is 4.16. The maximum atomic E-state index is 14.5. The Morgan fingerprint density at radius 2 is 1.68 bits per heavy atom. The molecule has 1 aliphatic heterocycles. The Balaban J connectivity index is 1.98. The summed E-state index contributed by atoms with van der Waals surface area (Å²) in [6.45, 7) is 9.39. The van der Waals surface area contributed by atoms with Crippen LogP contribution in [0.25, 0.3) is 11.0 Å².